The van der Waals surface area contributed by atoms with Gasteiger partial charge in [0.1, 0.15) is 29.8 Å². The Balaban J connectivity index is 1.49. The molecule has 6 nitrogen and oxygen atoms in total. The highest BCUT2D eigenvalue weighted by Crippen LogP contribution is 2.18. The molecule has 29 heavy (non-hydrogen) atoms. The molecular weight excluding hydrogens is 391 g/mol. The van der Waals surface area contributed by atoms with Crippen LogP contribution in [0, 0.1) is 24.1 Å². The Morgan fingerprint density at radius 1 is 1.28 bits per heavy atom. The van der Waals surface area contributed by atoms with E-state index in [1.165, 1.54) is 12.1 Å². The zero-order valence-corrected chi connectivity index (χ0v) is 16.6. The molecule has 0 spiro atoms. The maximum Gasteiger partial charge on any atom is 0.251 e. The third-order valence-electron chi connectivity index (χ3n) is 4.00. The topological polar surface area (TPSA) is 87.0 Å². The number of halogens is 1. The number of nitrogens with zero attached hydrogens (tertiary/aromatic N) is 2. The lowest BCUT2D eigenvalue weighted by Crippen LogP contribution is -2.28. The number of amides is 1. The van der Waals surface area contributed by atoms with Crippen molar-refractivity contribution in [2.75, 3.05) is 18.4 Å². The molecule has 2 aromatic carbocycles. The summed E-state index contributed by atoms with van der Waals surface area (Å²) < 4.78 is 19.3. The molecule has 0 unspecified atom stereocenters. The molecule has 3 aromatic rings. The van der Waals surface area contributed by atoms with Crippen molar-refractivity contribution in [1.29, 1.82) is 5.26 Å². The van der Waals surface area contributed by atoms with Crippen LogP contribution >= 0.6 is 11.3 Å². The molecule has 0 aliphatic carbocycles. The van der Waals surface area contributed by atoms with Gasteiger partial charge < -0.3 is 15.4 Å². The number of anilines is 1. The minimum Gasteiger partial charge on any atom is -0.487 e. The quantitative estimate of drug-likeness (QED) is 0.550. The summed E-state index contributed by atoms with van der Waals surface area (Å²) in [5, 5.41) is 17.7. The van der Waals surface area contributed by atoms with Gasteiger partial charge in [0.2, 0.25) is 0 Å². The van der Waals surface area contributed by atoms with E-state index in [0.717, 1.165) is 10.7 Å². The van der Waals surface area contributed by atoms with E-state index in [4.69, 9.17) is 10.00 Å². The molecule has 0 bridgehead atoms. The van der Waals surface area contributed by atoms with E-state index >= 15 is 0 Å². The normalized spacial score (nSPS) is 10.2. The smallest absolute Gasteiger partial charge is 0.251 e. The zero-order chi connectivity index (χ0) is 20.6. The molecule has 1 heterocycles. The lowest BCUT2D eigenvalue weighted by atomic mass is 10.2. The van der Waals surface area contributed by atoms with Gasteiger partial charge in [-0.25, -0.2) is 9.37 Å². The molecule has 8 heteroatoms. The minimum atomic E-state index is -0.578. The Morgan fingerprint density at radius 3 is 2.86 bits per heavy atom. The van der Waals surface area contributed by atoms with E-state index < -0.39 is 5.82 Å². The summed E-state index contributed by atoms with van der Waals surface area (Å²) in [5.74, 6) is -0.243. The number of thiazole rings is 1. The largest absolute Gasteiger partial charge is 0.487 e. The summed E-state index contributed by atoms with van der Waals surface area (Å²) in [6.45, 7) is 2.93. The van der Waals surface area contributed by atoms with Crippen LogP contribution in [0.25, 0.3) is 0 Å². The van der Waals surface area contributed by atoms with Crippen LogP contribution in [0.2, 0.25) is 0 Å². The molecular formula is C21H19FN4O2S. The Morgan fingerprint density at radius 2 is 2.10 bits per heavy atom. The first-order valence-corrected chi connectivity index (χ1v) is 9.79. The highest BCUT2D eigenvalue weighted by atomic mass is 32.1. The predicted octanol–water partition coefficient (Wildman–Crippen LogP) is 3.88. The number of aryl methyl sites for hydroxylation is 1. The molecule has 2 N–H and O–H groups in total. The van der Waals surface area contributed by atoms with Crippen LogP contribution in [-0.2, 0) is 6.61 Å². The van der Waals surface area contributed by atoms with Crippen molar-refractivity contribution >= 4 is 22.9 Å². The van der Waals surface area contributed by atoms with Crippen molar-refractivity contribution in [1.82, 2.24) is 10.3 Å². The first-order chi connectivity index (χ1) is 14.1. The number of ether oxygens (including phenoxy) is 1. The van der Waals surface area contributed by atoms with E-state index in [-0.39, 0.29) is 11.5 Å². The Labute approximate surface area is 172 Å². The van der Waals surface area contributed by atoms with E-state index in [2.05, 4.69) is 15.6 Å². The van der Waals surface area contributed by atoms with Crippen LogP contribution in [0.5, 0.6) is 5.75 Å². The van der Waals surface area contributed by atoms with Crippen molar-refractivity contribution in [3.63, 3.8) is 0 Å². The summed E-state index contributed by atoms with van der Waals surface area (Å²) in [6.07, 6.45) is 0. The molecule has 0 fully saturated rings. The van der Waals surface area contributed by atoms with Crippen molar-refractivity contribution < 1.29 is 13.9 Å². The van der Waals surface area contributed by atoms with E-state index in [9.17, 15) is 9.18 Å². The number of carbonyl (C=O) groups is 1. The average Bonchev–Trinajstić information content (AvgIpc) is 3.15. The molecule has 0 saturated heterocycles. The summed E-state index contributed by atoms with van der Waals surface area (Å²) in [6, 6.07) is 13.1. The van der Waals surface area contributed by atoms with Crippen molar-refractivity contribution in [2.45, 2.75) is 13.5 Å². The van der Waals surface area contributed by atoms with Crippen LogP contribution in [0.15, 0.2) is 47.8 Å². The van der Waals surface area contributed by atoms with Crippen LogP contribution in [0.1, 0.15) is 26.6 Å². The number of carbonyl (C=O) groups excluding carboxylic acids is 1. The number of nitriles is 1. The van der Waals surface area contributed by atoms with Gasteiger partial charge in [-0.15, -0.1) is 11.3 Å². The second kappa shape index (κ2) is 9.66. The third-order valence-corrected chi connectivity index (χ3v) is 4.82. The van der Waals surface area contributed by atoms with Gasteiger partial charge in [-0.2, -0.15) is 5.26 Å². The molecule has 0 aliphatic heterocycles. The van der Waals surface area contributed by atoms with Crippen LogP contribution in [0.3, 0.4) is 0 Å². The van der Waals surface area contributed by atoms with Crippen molar-refractivity contribution in [3.05, 3.63) is 75.5 Å². The number of hydrogen-bond acceptors (Lipinski definition) is 6. The fourth-order valence-corrected chi connectivity index (χ4v) is 3.22. The molecule has 0 aliphatic rings. The Kier molecular flexibility index (Phi) is 6.76. The van der Waals surface area contributed by atoms with E-state index in [0.29, 0.717) is 36.7 Å². The molecule has 0 radical (unpaired) electrons. The fourth-order valence-electron chi connectivity index (χ4n) is 2.62. The number of rotatable bonds is 8. The SMILES string of the molecule is Cc1nc(COc2cccc(C(=O)NCCNc3cccc(F)c3C#N)c2)cs1. The number of hydrogen-bond donors (Lipinski definition) is 2. The Bertz CT molecular complexity index is 1050. The molecule has 0 saturated carbocycles. The second-order valence-corrected chi connectivity index (χ2v) is 7.19. The first kappa shape index (κ1) is 20.3. The van der Waals surface area contributed by atoms with Gasteiger partial charge in [0.15, 0.2) is 0 Å². The lowest BCUT2D eigenvalue weighted by molar-refractivity contribution is 0.0954. The van der Waals surface area contributed by atoms with E-state index in [1.54, 1.807) is 41.7 Å². The van der Waals surface area contributed by atoms with Gasteiger partial charge in [0, 0.05) is 24.0 Å². The standard InChI is InChI=1S/C21H19FN4O2S/c1-14-26-16(13-29-14)12-28-17-5-2-4-15(10-17)21(27)25-9-8-24-20-7-3-6-19(22)18(20)11-23/h2-7,10,13,24H,8-9,12H2,1H3,(H,25,27). The summed E-state index contributed by atoms with van der Waals surface area (Å²) in [5.41, 5.74) is 1.68. The zero-order valence-electron chi connectivity index (χ0n) is 15.7. The minimum absolute atomic E-state index is 0.0426. The van der Waals surface area contributed by atoms with Gasteiger partial charge in [0.25, 0.3) is 5.91 Å². The highest BCUT2D eigenvalue weighted by molar-refractivity contribution is 7.09. The molecule has 0 atom stereocenters. The van der Waals surface area contributed by atoms with Gasteiger partial charge in [0.05, 0.1) is 16.4 Å². The van der Waals surface area contributed by atoms with E-state index in [1.807, 2.05) is 18.4 Å². The molecule has 3 rings (SSSR count). The molecule has 148 valence electrons. The van der Waals surface area contributed by atoms with Gasteiger partial charge in [-0.1, -0.05) is 12.1 Å². The number of nitrogens with one attached hydrogen (secondary N) is 2. The van der Waals surface area contributed by atoms with Crippen molar-refractivity contribution in [3.8, 4) is 11.8 Å². The van der Waals surface area contributed by atoms with Crippen LogP contribution < -0.4 is 15.4 Å². The molecule has 1 aromatic heterocycles. The van der Waals surface area contributed by atoms with Gasteiger partial charge in [-0.05, 0) is 37.3 Å². The first-order valence-electron chi connectivity index (χ1n) is 8.91. The summed E-state index contributed by atoms with van der Waals surface area (Å²) >= 11 is 1.56. The second-order valence-electron chi connectivity index (χ2n) is 6.13. The summed E-state index contributed by atoms with van der Waals surface area (Å²) in [4.78, 5) is 16.7. The maximum atomic E-state index is 13.6. The van der Waals surface area contributed by atoms with Crippen LogP contribution in [0.4, 0.5) is 10.1 Å². The van der Waals surface area contributed by atoms with Crippen molar-refractivity contribution in [2.24, 2.45) is 0 Å². The third kappa shape index (κ3) is 5.53. The predicted molar refractivity (Wildman–Crippen MR) is 110 cm³/mol. The average molecular weight is 410 g/mol. The monoisotopic (exact) mass is 410 g/mol. The van der Waals surface area contributed by atoms with Crippen LogP contribution in [-0.4, -0.2) is 24.0 Å². The van der Waals surface area contributed by atoms with Gasteiger partial charge in [-0.3, -0.25) is 4.79 Å². The highest BCUT2D eigenvalue weighted by Gasteiger charge is 2.09. The fraction of sp³-hybridized carbons (Fsp3) is 0.190. The Hall–Kier alpha value is -3.44. The number of benzene rings is 2. The summed E-state index contributed by atoms with van der Waals surface area (Å²) in [7, 11) is 0. The van der Waals surface area contributed by atoms with Gasteiger partial charge >= 0.3 is 0 Å². The lowest BCUT2D eigenvalue weighted by Gasteiger charge is -2.10. The maximum absolute atomic E-state index is 13.6. The number of aromatic nitrogens is 1. The molecule has 1 amide bonds.